The molecule has 0 saturated heterocycles. The van der Waals surface area contributed by atoms with Crippen LogP contribution < -0.4 is 10.9 Å². The van der Waals surface area contributed by atoms with Crippen LogP contribution in [0.25, 0.3) is 11.3 Å². The second-order valence-electron chi connectivity index (χ2n) is 4.37. The smallest absolute Gasteiger partial charge is 0.267 e. The Bertz CT molecular complexity index is 570. The number of aromatic nitrogens is 3. The molecule has 2 rings (SSSR count). The van der Waals surface area contributed by atoms with E-state index in [-0.39, 0.29) is 17.8 Å². The van der Waals surface area contributed by atoms with Gasteiger partial charge in [0.05, 0.1) is 11.9 Å². The van der Waals surface area contributed by atoms with Gasteiger partial charge in [0.2, 0.25) is 5.91 Å². The van der Waals surface area contributed by atoms with E-state index in [0.29, 0.717) is 5.69 Å². The van der Waals surface area contributed by atoms with Crippen LogP contribution in [-0.4, -0.2) is 21.1 Å². The monoisotopic (exact) mass is 257 g/mol. The van der Waals surface area contributed by atoms with Crippen LogP contribution >= 0.6 is 0 Å². The summed E-state index contributed by atoms with van der Waals surface area (Å²) in [6, 6.07) is 9.52. The Kier molecular flexibility index (Phi) is 3.82. The fourth-order valence-corrected chi connectivity index (χ4v) is 1.52. The summed E-state index contributed by atoms with van der Waals surface area (Å²) in [6.07, 6.45) is 1.53. The Balaban J connectivity index is 2.32. The van der Waals surface area contributed by atoms with Gasteiger partial charge in [0.25, 0.3) is 5.95 Å². The number of hydrogen-bond acceptors (Lipinski definition) is 5. The number of nitrogens with two attached hydrogens (primary N) is 1. The highest BCUT2D eigenvalue weighted by Gasteiger charge is 2.18. The molecule has 0 bridgehead atoms. The van der Waals surface area contributed by atoms with Crippen molar-refractivity contribution in [1.82, 2.24) is 15.2 Å². The number of rotatable bonds is 3. The molecule has 2 N–H and O–H groups in total. The van der Waals surface area contributed by atoms with Gasteiger partial charge in [-0.15, -0.1) is 5.10 Å². The lowest BCUT2D eigenvalue weighted by Crippen LogP contribution is -2.41. The van der Waals surface area contributed by atoms with Crippen molar-refractivity contribution in [3.8, 4) is 11.3 Å². The van der Waals surface area contributed by atoms with Crippen LogP contribution in [0.15, 0.2) is 36.5 Å². The summed E-state index contributed by atoms with van der Waals surface area (Å²) >= 11 is 0. The highest BCUT2D eigenvalue weighted by molar-refractivity contribution is 5.91. The molecule has 1 aromatic heterocycles. The van der Waals surface area contributed by atoms with Crippen molar-refractivity contribution in [3.05, 3.63) is 36.5 Å². The molecule has 0 saturated carbocycles. The third-order valence-electron chi connectivity index (χ3n) is 2.56. The first-order chi connectivity index (χ1) is 9.09. The Morgan fingerprint density at radius 3 is 2.58 bits per heavy atom. The van der Waals surface area contributed by atoms with Crippen LogP contribution in [0.5, 0.6) is 0 Å². The summed E-state index contributed by atoms with van der Waals surface area (Å²) in [6.45, 7) is 3.52. The van der Waals surface area contributed by atoms with Crippen molar-refractivity contribution in [3.63, 3.8) is 0 Å². The lowest BCUT2D eigenvalue weighted by molar-refractivity contribution is -0.121. The highest BCUT2D eigenvalue weighted by Crippen LogP contribution is 2.17. The molecule has 6 heteroatoms. The molecule has 2 aromatic rings. The number of hydrazine groups is 1. The van der Waals surface area contributed by atoms with E-state index in [1.54, 1.807) is 13.8 Å². The molecule has 1 aromatic carbocycles. The fourth-order valence-electron chi connectivity index (χ4n) is 1.52. The summed E-state index contributed by atoms with van der Waals surface area (Å²) in [5, 5.41) is 8.56. The summed E-state index contributed by atoms with van der Waals surface area (Å²) in [5.74, 6) is 5.32. The Morgan fingerprint density at radius 2 is 1.95 bits per heavy atom. The molecule has 0 unspecified atom stereocenters. The quantitative estimate of drug-likeness (QED) is 0.510. The summed E-state index contributed by atoms with van der Waals surface area (Å²) in [4.78, 5) is 16.0. The average molecular weight is 257 g/mol. The van der Waals surface area contributed by atoms with Crippen LogP contribution in [-0.2, 0) is 4.79 Å². The maximum absolute atomic E-state index is 11.8. The van der Waals surface area contributed by atoms with E-state index in [4.69, 9.17) is 5.84 Å². The first kappa shape index (κ1) is 13.1. The molecule has 0 aliphatic rings. The van der Waals surface area contributed by atoms with Gasteiger partial charge >= 0.3 is 0 Å². The zero-order valence-electron chi connectivity index (χ0n) is 10.8. The van der Waals surface area contributed by atoms with Gasteiger partial charge in [-0.2, -0.15) is 5.10 Å². The molecule has 0 fully saturated rings. The van der Waals surface area contributed by atoms with E-state index in [1.165, 1.54) is 6.20 Å². The number of anilines is 1. The molecule has 0 radical (unpaired) electrons. The number of benzene rings is 1. The minimum absolute atomic E-state index is 0.0973. The van der Waals surface area contributed by atoms with Crippen molar-refractivity contribution >= 4 is 11.9 Å². The maximum atomic E-state index is 11.8. The summed E-state index contributed by atoms with van der Waals surface area (Å²) in [5.41, 5.74) is 1.52. The first-order valence-electron chi connectivity index (χ1n) is 5.93. The fraction of sp³-hybridized carbons (Fsp3) is 0.231. The van der Waals surface area contributed by atoms with E-state index < -0.39 is 0 Å². The van der Waals surface area contributed by atoms with Gasteiger partial charge in [-0.25, -0.2) is 15.8 Å². The molecular weight excluding hydrogens is 242 g/mol. The van der Waals surface area contributed by atoms with E-state index in [2.05, 4.69) is 15.2 Å². The lowest BCUT2D eigenvalue weighted by Gasteiger charge is -2.16. The van der Waals surface area contributed by atoms with Gasteiger partial charge in [0.1, 0.15) is 0 Å². The van der Waals surface area contributed by atoms with Crippen molar-refractivity contribution in [1.29, 1.82) is 0 Å². The topological polar surface area (TPSA) is 85.0 Å². The average Bonchev–Trinajstić information content (AvgIpc) is 2.46. The van der Waals surface area contributed by atoms with E-state index in [1.807, 2.05) is 30.3 Å². The van der Waals surface area contributed by atoms with Crippen molar-refractivity contribution in [2.45, 2.75) is 13.8 Å². The number of nitrogens with zero attached hydrogens (tertiary/aromatic N) is 4. The SMILES string of the molecule is CC(C)C(=O)N(N)c1nncc(-c2ccccc2)n1. The van der Waals surface area contributed by atoms with Crippen LogP contribution in [0.4, 0.5) is 5.95 Å². The molecule has 0 atom stereocenters. The van der Waals surface area contributed by atoms with Gasteiger partial charge in [-0.1, -0.05) is 44.2 Å². The number of amides is 1. The third kappa shape index (κ3) is 2.92. The van der Waals surface area contributed by atoms with Crippen LogP contribution in [0.3, 0.4) is 0 Å². The second kappa shape index (κ2) is 5.53. The third-order valence-corrected chi connectivity index (χ3v) is 2.56. The van der Waals surface area contributed by atoms with Gasteiger partial charge in [-0.05, 0) is 0 Å². The van der Waals surface area contributed by atoms with Gasteiger partial charge < -0.3 is 0 Å². The summed E-state index contributed by atoms with van der Waals surface area (Å²) < 4.78 is 0. The maximum Gasteiger partial charge on any atom is 0.267 e. The minimum Gasteiger partial charge on any atom is -0.273 e. The minimum atomic E-state index is -0.257. The Hall–Kier alpha value is -2.34. The van der Waals surface area contributed by atoms with Crippen LogP contribution in [0.2, 0.25) is 0 Å². The molecule has 0 aliphatic heterocycles. The number of carbonyl (C=O) groups excluding carboxylic acids is 1. The van der Waals surface area contributed by atoms with Crippen LogP contribution in [0, 0.1) is 5.92 Å². The second-order valence-corrected chi connectivity index (χ2v) is 4.37. The first-order valence-corrected chi connectivity index (χ1v) is 5.93. The molecule has 1 heterocycles. The zero-order valence-corrected chi connectivity index (χ0v) is 10.8. The Morgan fingerprint density at radius 1 is 1.26 bits per heavy atom. The van der Waals surface area contributed by atoms with Crippen molar-refractivity contribution in [2.24, 2.45) is 11.8 Å². The normalized spacial score (nSPS) is 10.5. The van der Waals surface area contributed by atoms with Gasteiger partial charge in [-0.3, -0.25) is 4.79 Å². The molecule has 98 valence electrons. The number of hydrogen-bond donors (Lipinski definition) is 1. The van der Waals surface area contributed by atoms with E-state index in [9.17, 15) is 4.79 Å². The molecule has 6 nitrogen and oxygen atoms in total. The molecule has 0 spiro atoms. The van der Waals surface area contributed by atoms with Gasteiger partial charge in [0, 0.05) is 11.5 Å². The van der Waals surface area contributed by atoms with E-state index >= 15 is 0 Å². The molecular formula is C13H15N5O. The molecule has 19 heavy (non-hydrogen) atoms. The van der Waals surface area contributed by atoms with Gasteiger partial charge in [0.15, 0.2) is 0 Å². The van der Waals surface area contributed by atoms with Crippen LogP contribution in [0.1, 0.15) is 13.8 Å². The summed E-state index contributed by atoms with van der Waals surface area (Å²) in [7, 11) is 0. The number of carbonyl (C=O) groups is 1. The Labute approximate surface area is 111 Å². The standard InChI is InChI=1S/C13H15N5O/c1-9(2)12(19)18(14)13-16-11(8-15-17-13)10-6-4-3-5-7-10/h3-9H,14H2,1-2H3. The van der Waals surface area contributed by atoms with Crippen molar-refractivity contribution in [2.75, 3.05) is 5.01 Å². The van der Waals surface area contributed by atoms with Crippen molar-refractivity contribution < 1.29 is 4.79 Å². The largest absolute Gasteiger partial charge is 0.273 e. The molecule has 0 aliphatic carbocycles. The predicted octanol–water partition coefficient (Wildman–Crippen LogP) is 1.40. The highest BCUT2D eigenvalue weighted by atomic mass is 16.2. The molecule has 1 amide bonds. The lowest BCUT2D eigenvalue weighted by atomic mass is 10.2. The zero-order chi connectivity index (χ0) is 13.8. The van der Waals surface area contributed by atoms with E-state index in [0.717, 1.165) is 10.6 Å². The predicted molar refractivity (Wildman–Crippen MR) is 71.8 cm³/mol.